The van der Waals surface area contributed by atoms with Gasteiger partial charge in [0.2, 0.25) is 5.52 Å². The van der Waals surface area contributed by atoms with E-state index in [-0.39, 0.29) is 11.2 Å². The fourth-order valence-electron chi connectivity index (χ4n) is 3.87. The van der Waals surface area contributed by atoms with E-state index in [0.717, 1.165) is 44.9 Å². The normalized spacial score (nSPS) is 13.8. The van der Waals surface area contributed by atoms with Crippen LogP contribution in [0.4, 0.5) is 16.2 Å². The summed E-state index contributed by atoms with van der Waals surface area (Å²) in [5.74, 6) is 0. The number of nitrogens with zero attached hydrogens (tertiary/aromatic N) is 3. The number of anilines is 1. The van der Waals surface area contributed by atoms with Crippen molar-refractivity contribution in [3.8, 4) is 0 Å². The first kappa shape index (κ1) is 34.1. The number of nitrogens with one attached hydrogen (secondary N) is 2. The average molecular weight is 602 g/mol. The molecule has 0 aliphatic carbocycles. The number of ether oxygens (including phenoxy) is 1. The fourth-order valence-corrected chi connectivity index (χ4v) is 4.22. The molecule has 0 radical (unpaired) electrons. The number of nitro benzene ring substituents is 1. The quantitative estimate of drug-likeness (QED) is 0.0520. The van der Waals surface area contributed by atoms with Crippen LogP contribution >= 0.6 is 7.82 Å². The van der Waals surface area contributed by atoms with E-state index < -0.39 is 43.2 Å². The van der Waals surface area contributed by atoms with Gasteiger partial charge < -0.3 is 30.3 Å². The smallest absolute Gasteiger partial charge is 0.444 e. The number of hydrogen-bond donors (Lipinski definition) is 5. The molecular formula is C25H40N5O10P. The Bertz CT molecular complexity index is 1190. The molecular weight excluding hydrogens is 561 g/mol. The highest BCUT2D eigenvalue weighted by Gasteiger charge is 2.26. The summed E-state index contributed by atoms with van der Waals surface area (Å²) >= 11 is 0. The van der Waals surface area contributed by atoms with Crippen LogP contribution in [0.2, 0.25) is 0 Å². The molecule has 15 nitrogen and oxygen atoms in total. The van der Waals surface area contributed by atoms with Crippen LogP contribution in [0.1, 0.15) is 72.1 Å². The molecule has 1 heterocycles. The number of aliphatic hydroxyl groups excluding tert-OH is 1. The van der Waals surface area contributed by atoms with Gasteiger partial charge in [-0.15, -0.1) is 0 Å². The largest absolute Gasteiger partial charge is 0.469 e. The van der Waals surface area contributed by atoms with Gasteiger partial charge in [-0.3, -0.25) is 14.6 Å². The molecule has 2 rings (SSSR count). The van der Waals surface area contributed by atoms with Crippen LogP contribution in [0.5, 0.6) is 0 Å². The maximum absolute atomic E-state index is 12.0. The number of hydrogen-bond acceptors (Lipinski definition) is 11. The number of aromatic nitrogens is 2. The van der Waals surface area contributed by atoms with E-state index in [1.165, 1.54) is 12.1 Å². The Hall–Kier alpha value is -3.10. The zero-order chi connectivity index (χ0) is 30.5. The van der Waals surface area contributed by atoms with Gasteiger partial charge in [0.1, 0.15) is 5.60 Å². The second-order valence-corrected chi connectivity index (χ2v) is 11.7. The van der Waals surface area contributed by atoms with Crippen molar-refractivity contribution in [3.63, 3.8) is 0 Å². The number of benzene rings is 1. The molecule has 2 atom stereocenters. The third-order valence-electron chi connectivity index (χ3n) is 5.82. The summed E-state index contributed by atoms with van der Waals surface area (Å²) in [5, 5.41) is 34.5. The first-order valence-electron chi connectivity index (χ1n) is 13.4. The van der Waals surface area contributed by atoms with E-state index in [4.69, 9.17) is 14.5 Å². The molecule has 1 aromatic heterocycles. The Kier molecular flexibility index (Phi) is 13.6. The van der Waals surface area contributed by atoms with E-state index in [9.17, 15) is 24.6 Å². The first-order valence-corrected chi connectivity index (χ1v) is 15.0. The topological polar surface area (TPSA) is 219 Å². The van der Waals surface area contributed by atoms with Crippen LogP contribution in [0.3, 0.4) is 0 Å². The number of nitro groups is 1. The molecule has 0 fully saturated rings. The molecule has 1 amide bonds. The molecule has 41 heavy (non-hydrogen) atoms. The second kappa shape index (κ2) is 16.4. The predicted molar refractivity (Wildman–Crippen MR) is 150 cm³/mol. The van der Waals surface area contributed by atoms with E-state index in [2.05, 4.69) is 30.1 Å². The van der Waals surface area contributed by atoms with Gasteiger partial charge in [0, 0.05) is 12.6 Å². The zero-order valence-corrected chi connectivity index (χ0v) is 24.4. The van der Waals surface area contributed by atoms with Crippen molar-refractivity contribution in [3.05, 3.63) is 34.4 Å². The van der Waals surface area contributed by atoms with Crippen molar-refractivity contribution in [2.45, 2.75) is 89.9 Å². The fraction of sp³-hybridized carbons (Fsp3) is 0.640. The summed E-state index contributed by atoms with van der Waals surface area (Å²) in [6.45, 7) is 5.09. The number of aliphatic hydroxyl groups is 1. The lowest BCUT2D eigenvalue weighted by Crippen LogP contribution is -2.47. The molecule has 2 aromatic rings. The van der Waals surface area contributed by atoms with Gasteiger partial charge in [-0.05, 0) is 56.4 Å². The average Bonchev–Trinajstić information content (AvgIpc) is 3.35. The van der Waals surface area contributed by atoms with Gasteiger partial charge >= 0.3 is 19.6 Å². The van der Waals surface area contributed by atoms with Gasteiger partial charge in [0.25, 0.3) is 0 Å². The van der Waals surface area contributed by atoms with Crippen LogP contribution < -0.4 is 10.6 Å². The third-order valence-corrected chi connectivity index (χ3v) is 6.31. The van der Waals surface area contributed by atoms with Gasteiger partial charge in [-0.1, -0.05) is 44.3 Å². The Morgan fingerprint density at radius 1 is 1.12 bits per heavy atom. The molecule has 0 unspecified atom stereocenters. The van der Waals surface area contributed by atoms with Crippen molar-refractivity contribution in [2.24, 2.45) is 0 Å². The van der Waals surface area contributed by atoms with Crippen LogP contribution in [0.25, 0.3) is 11.0 Å². The first-order chi connectivity index (χ1) is 19.3. The van der Waals surface area contributed by atoms with E-state index >= 15 is 0 Å². The number of unbranched alkanes of at least 4 members (excludes halogenated alkanes) is 7. The summed E-state index contributed by atoms with van der Waals surface area (Å²) in [5.41, 5.74) is 0.173. The minimum absolute atomic E-state index is 0.121. The number of allylic oxidation sites excluding steroid dienone is 1. The minimum Gasteiger partial charge on any atom is -0.444 e. The number of non-ortho nitro benzene ring substituents is 1. The molecule has 0 saturated heterocycles. The van der Waals surface area contributed by atoms with Crippen LogP contribution in [0, 0.1) is 10.1 Å². The van der Waals surface area contributed by atoms with Crippen LogP contribution in [-0.2, 0) is 13.8 Å². The minimum atomic E-state index is -4.79. The second-order valence-electron chi connectivity index (χ2n) is 10.5. The lowest BCUT2D eigenvalue weighted by molar-refractivity contribution is -0.383. The number of phosphoric ester groups is 1. The number of rotatable bonds is 18. The third kappa shape index (κ3) is 13.4. The van der Waals surface area contributed by atoms with E-state index in [0.29, 0.717) is 24.2 Å². The Balaban J connectivity index is 1.61. The molecule has 0 saturated carbocycles. The number of carbonyl (C=O) groups excluding carboxylic acids is 1. The molecule has 1 aromatic carbocycles. The molecule has 0 spiro atoms. The summed E-state index contributed by atoms with van der Waals surface area (Å²) in [6.07, 6.45) is 8.89. The van der Waals surface area contributed by atoms with Crippen LogP contribution in [-0.4, -0.2) is 67.1 Å². The molecule has 5 N–H and O–H groups in total. The Morgan fingerprint density at radius 3 is 2.39 bits per heavy atom. The maximum Gasteiger partial charge on any atom is 0.469 e. The number of phosphoric acid groups is 1. The van der Waals surface area contributed by atoms with Crippen molar-refractivity contribution < 1.29 is 43.1 Å². The maximum atomic E-state index is 12.0. The lowest BCUT2D eigenvalue weighted by Gasteiger charge is -2.25. The monoisotopic (exact) mass is 601 g/mol. The number of carbonyl (C=O) groups is 1. The van der Waals surface area contributed by atoms with Gasteiger partial charge in [-0.25, -0.2) is 14.0 Å². The Morgan fingerprint density at radius 2 is 1.76 bits per heavy atom. The highest BCUT2D eigenvalue weighted by atomic mass is 31.2. The van der Waals surface area contributed by atoms with Crippen LogP contribution in [0.15, 0.2) is 28.9 Å². The molecule has 0 aliphatic heterocycles. The summed E-state index contributed by atoms with van der Waals surface area (Å²) in [6, 6.07) is 1.87. The highest BCUT2D eigenvalue weighted by Crippen LogP contribution is 2.36. The van der Waals surface area contributed by atoms with Crippen molar-refractivity contribution in [1.29, 1.82) is 0 Å². The highest BCUT2D eigenvalue weighted by molar-refractivity contribution is 7.46. The number of amides is 1. The molecule has 0 bridgehead atoms. The predicted octanol–water partition coefficient (Wildman–Crippen LogP) is 4.58. The zero-order valence-electron chi connectivity index (χ0n) is 23.5. The standard InChI is InChI=1S/C25H40N5O10P/c1-25(2,3)39-24(32)27-19(17-38-41(35,36)37)21(31)13-11-9-7-5-4-6-8-10-12-16-26-18-14-15-20(30(33)34)23-22(18)28-40-29-23/h11,13-15,19,21,26,31H,4-10,12,16-17H2,1-3H3,(H,27,32)(H2,35,36,37)/b13-11+/t19-,21+/m0/s1. The van der Waals surface area contributed by atoms with Crippen molar-refractivity contribution >= 4 is 36.3 Å². The summed E-state index contributed by atoms with van der Waals surface area (Å²) in [7, 11) is -4.79. The number of alkyl carbamates (subject to hydrolysis) is 1. The van der Waals surface area contributed by atoms with Gasteiger partial charge in [-0.2, -0.15) is 0 Å². The van der Waals surface area contributed by atoms with E-state index in [1.807, 2.05) is 0 Å². The van der Waals surface area contributed by atoms with Gasteiger partial charge in [0.15, 0.2) is 5.52 Å². The van der Waals surface area contributed by atoms with E-state index in [1.54, 1.807) is 32.9 Å². The SMILES string of the molecule is CC(C)(C)OC(=O)N[C@@H](COP(=O)(O)O)[C@H](O)/C=C/CCCCCCCCCNc1ccc([N+](=O)[O-])c2nonc12. The summed E-state index contributed by atoms with van der Waals surface area (Å²) < 4.78 is 25.3. The molecule has 0 aliphatic rings. The lowest BCUT2D eigenvalue weighted by atomic mass is 10.1. The number of fused-ring (bicyclic) bond motifs is 1. The molecule has 230 valence electrons. The van der Waals surface area contributed by atoms with Gasteiger partial charge in [0.05, 0.1) is 29.4 Å². The van der Waals surface area contributed by atoms with Crippen molar-refractivity contribution in [2.75, 3.05) is 18.5 Å². The summed E-state index contributed by atoms with van der Waals surface area (Å²) in [4.78, 5) is 40.5. The van der Waals surface area contributed by atoms with Crippen molar-refractivity contribution in [1.82, 2.24) is 15.6 Å². The molecule has 16 heteroatoms. The Labute approximate surface area is 238 Å².